The number of benzene rings is 2. The summed E-state index contributed by atoms with van der Waals surface area (Å²) in [4.78, 5) is 10.6. The van der Waals surface area contributed by atoms with E-state index in [-0.39, 0.29) is 20.1 Å². The molecule has 2 aromatic carbocycles. The molecule has 0 saturated carbocycles. The molecule has 3 heterocycles. The molecule has 38 heavy (non-hydrogen) atoms. The molecule has 0 aliphatic heterocycles. The number of rotatable bonds is 3. The van der Waals surface area contributed by atoms with E-state index in [1.807, 2.05) is 29.8 Å². The van der Waals surface area contributed by atoms with Crippen LogP contribution in [0.3, 0.4) is 0 Å². The monoisotopic (exact) mass is 695 g/mol. The Bertz CT molecular complexity index is 1530. The van der Waals surface area contributed by atoms with Crippen LogP contribution in [-0.4, -0.2) is 9.97 Å². The second-order valence-corrected chi connectivity index (χ2v) is 11.5. The molecule has 0 bridgehead atoms. The van der Waals surface area contributed by atoms with Crippen molar-refractivity contribution >= 4 is 21.4 Å². The van der Waals surface area contributed by atoms with Crippen molar-refractivity contribution in [3.8, 4) is 22.5 Å². The van der Waals surface area contributed by atoms with Crippen LogP contribution in [0.25, 0.3) is 32.6 Å². The Morgan fingerprint density at radius 2 is 1.68 bits per heavy atom. The predicted octanol–water partition coefficient (Wildman–Crippen LogP) is 9.24. The predicted molar refractivity (Wildman–Crippen MR) is 157 cm³/mol. The molecule has 2 nitrogen and oxygen atoms in total. The van der Waals surface area contributed by atoms with Crippen LogP contribution in [0.5, 0.6) is 0 Å². The molecule has 6 rings (SSSR count). The van der Waals surface area contributed by atoms with Crippen LogP contribution < -0.4 is 0 Å². The SMILES string of the molecule is CC(C)c1ccnc(-c2[c-]ccc3c4c(sc23)CCCC4)c1.Cc1c[c-]c(-c2cc(C)c(C)cn2)cc1.[Ir]. The maximum atomic E-state index is 4.62. The number of nitrogens with zero attached hydrogens (tertiary/aromatic N) is 2. The van der Waals surface area contributed by atoms with Gasteiger partial charge in [-0.25, -0.2) is 0 Å². The topological polar surface area (TPSA) is 25.8 Å². The van der Waals surface area contributed by atoms with Crippen LogP contribution in [0.4, 0.5) is 0 Å². The van der Waals surface area contributed by atoms with Crippen LogP contribution in [0.15, 0.2) is 60.9 Å². The molecule has 1 aliphatic rings. The van der Waals surface area contributed by atoms with Crippen molar-refractivity contribution in [1.82, 2.24) is 9.97 Å². The number of aromatic nitrogens is 2. The first kappa shape index (κ1) is 28.4. The molecule has 0 fully saturated rings. The Kier molecular flexibility index (Phi) is 9.31. The van der Waals surface area contributed by atoms with E-state index in [0.29, 0.717) is 5.92 Å². The average molecular weight is 695 g/mol. The fraction of sp³-hybridized carbons (Fsp3) is 0.294. The van der Waals surface area contributed by atoms with Crippen LogP contribution >= 0.6 is 11.3 Å². The summed E-state index contributed by atoms with van der Waals surface area (Å²) in [6, 6.07) is 23.6. The first-order valence-electron chi connectivity index (χ1n) is 13.2. The van der Waals surface area contributed by atoms with Gasteiger partial charge < -0.3 is 9.97 Å². The van der Waals surface area contributed by atoms with Crippen LogP contribution in [0.2, 0.25) is 0 Å². The van der Waals surface area contributed by atoms with Crippen molar-refractivity contribution in [1.29, 1.82) is 0 Å². The summed E-state index contributed by atoms with van der Waals surface area (Å²) in [5.74, 6) is 0.525. The van der Waals surface area contributed by atoms with E-state index in [1.54, 1.807) is 10.4 Å². The number of pyridine rings is 2. The second-order valence-electron chi connectivity index (χ2n) is 10.4. The molecule has 0 saturated heterocycles. The van der Waals surface area contributed by atoms with Gasteiger partial charge in [0.2, 0.25) is 0 Å². The number of aryl methyl sites for hydroxylation is 5. The molecule has 1 radical (unpaired) electrons. The number of hydrogen-bond donors (Lipinski definition) is 0. The van der Waals surface area contributed by atoms with Gasteiger partial charge in [-0.2, -0.15) is 11.3 Å². The minimum atomic E-state index is 0. The summed E-state index contributed by atoms with van der Waals surface area (Å²) in [6.07, 6.45) is 8.99. The Hall–Kier alpha value is -2.65. The van der Waals surface area contributed by atoms with Gasteiger partial charge >= 0.3 is 0 Å². The Morgan fingerprint density at radius 1 is 0.868 bits per heavy atom. The van der Waals surface area contributed by atoms with E-state index in [2.05, 4.69) is 99.2 Å². The third-order valence-electron chi connectivity index (χ3n) is 7.24. The molecule has 197 valence electrons. The summed E-state index contributed by atoms with van der Waals surface area (Å²) in [5.41, 5.74) is 11.0. The Labute approximate surface area is 244 Å². The van der Waals surface area contributed by atoms with Crippen LogP contribution in [0.1, 0.15) is 65.3 Å². The Balaban J connectivity index is 0.000000185. The maximum absolute atomic E-state index is 4.62. The van der Waals surface area contributed by atoms with Crippen LogP contribution in [-0.2, 0) is 32.9 Å². The van der Waals surface area contributed by atoms with Gasteiger partial charge in [0.15, 0.2) is 0 Å². The van der Waals surface area contributed by atoms with E-state index in [0.717, 1.165) is 17.0 Å². The Morgan fingerprint density at radius 3 is 2.42 bits per heavy atom. The standard InChI is InChI=1S/C20H20NS.C14H14N.Ir/c1-13(2)14-10-11-21-18(12-14)17-8-5-7-16-15-6-3-4-9-19(15)22-20(16)17;1-10-4-6-13(7-5-10)14-8-11(2)12(3)9-15-14;/h5,7,10-13H,3-4,6,9H2,1-2H3;4-6,8-9H,1-3H3;/q2*-1;. The zero-order valence-corrected chi connectivity index (χ0v) is 26.0. The molecule has 0 unspecified atom stereocenters. The molecule has 0 amide bonds. The van der Waals surface area contributed by atoms with Crippen molar-refractivity contribution in [3.05, 3.63) is 106 Å². The van der Waals surface area contributed by atoms with Gasteiger partial charge in [-0.15, -0.1) is 59.2 Å². The van der Waals surface area contributed by atoms with E-state index in [1.165, 1.54) is 63.6 Å². The van der Waals surface area contributed by atoms with Crippen molar-refractivity contribution in [3.63, 3.8) is 0 Å². The maximum Gasteiger partial charge on any atom is 0.0192 e. The third-order valence-corrected chi connectivity index (χ3v) is 8.57. The molecular formula is C34H34IrN2S-2. The summed E-state index contributed by atoms with van der Waals surface area (Å²) in [7, 11) is 0. The zero-order chi connectivity index (χ0) is 25.9. The third kappa shape index (κ3) is 6.15. The minimum Gasteiger partial charge on any atom is -0.305 e. The van der Waals surface area contributed by atoms with Gasteiger partial charge in [0.25, 0.3) is 0 Å². The van der Waals surface area contributed by atoms with E-state index < -0.39 is 0 Å². The molecule has 0 atom stereocenters. The molecule has 0 N–H and O–H groups in total. The van der Waals surface area contributed by atoms with Gasteiger partial charge in [-0.3, -0.25) is 0 Å². The van der Waals surface area contributed by atoms with Gasteiger partial charge in [-0.05, 0) is 83.6 Å². The molecule has 1 aliphatic carbocycles. The number of fused-ring (bicyclic) bond motifs is 3. The molecule has 5 aromatic rings. The van der Waals surface area contributed by atoms with E-state index in [4.69, 9.17) is 0 Å². The van der Waals surface area contributed by atoms with Gasteiger partial charge in [0, 0.05) is 32.5 Å². The second kappa shape index (κ2) is 12.5. The van der Waals surface area contributed by atoms with E-state index >= 15 is 0 Å². The van der Waals surface area contributed by atoms with Crippen molar-refractivity contribution in [2.45, 2.75) is 66.2 Å². The quantitative estimate of drug-likeness (QED) is 0.176. The fourth-order valence-corrected chi connectivity index (χ4v) is 6.19. The van der Waals surface area contributed by atoms with Crippen molar-refractivity contribution < 1.29 is 20.1 Å². The van der Waals surface area contributed by atoms with Gasteiger partial charge in [0.1, 0.15) is 0 Å². The largest absolute Gasteiger partial charge is 0.305 e. The van der Waals surface area contributed by atoms with Crippen molar-refractivity contribution in [2.75, 3.05) is 0 Å². The van der Waals surface area contributed by atoms with Crippen molar-refractivity contribution in [2.24, 2.45) is 0 Å². The molecular weight excluding hydrogens is 661 g/mol. The smallest absolute Gasteiger partial charge is 0.0192 e. The molecule has 4 heteroatoms. The number of thiophene rings is 1. The first-order chi connectivity index (χ1) is 17.9. The minimum absolute atomic E-state index is 0. The average Bonchev–Trinajstić information content (AvgIpc) is 3.30. The van der Waals surface area contributed by atoms with Crippen LogP contribution in [0, 0.1) is 32.9 Å². The zero-order valence-electron chi connectivity index (χ0n) is 22.8. The number of hydrogen-bond acceptors (Lipinski definition) is 3. The molecule has 0 spiro atoms. The van der Waals surface area contributed by atoms with E-state index in [9.17, 15) is 0 Å². The summed E-state index contributed by atoms with van der Waals surface area (Å²) >= 11 is 1.96. The summed E-state index contributed by atoms with van der Waals surface area (Å²) < 4.78 is 1.38. The summed E-state index contributed by atoms with van der Waals surface area (Å²) in [6.45, 7) is 10.7. The summed E-state index contributed by atoms with van der Waals surface area (Å²) in [5, 5.41) is 1.44. The van der Waals surface area contributed by atoms with Gasteiger partial charge in [-0.1, -0.05) is 49.4 Å². The fourth-order valence-electron chi connectivity index (χ4n) is 4.79. The first-order valence-corrected chi connectivity index (χ1v) is 14.1. The van der Waals surface area contributed by atoms with Gasteiger partial charge in [0.05, 0.1) is 0 Å². The molecule has 3 aromatic heterocycles. The normalized spacial score (nSPS) is 12.5.